The number of benzene rings is 6. The SMILES string of the molecule is Cc1ccc2c(c1)c1cc(C)ccc1n2-c1cc(-n2c3ccc(C)cc3c3cc(C)ccc32)c(-c2nc3ccccc3o2)cc1C#N. The monoisotopic (exact) mass is 606 g/mol. The number of hydrogen-bond acceptors (Lipinski definition) is 3. The minimum absolute atomic E-state index is 0.479. The van der Waals surface area contributed by atoms with Gasteiger partial charge in [-0.3, -0.25) is 0 Å². The van der Waals surface area contributed by atoms with E-state index >= 15 is 0 Å². The number of nitriles is 1. The Bertz CT molecular complexity index is 2650. The Balaban J connectivity index is 1.46. The minimum atomic E-state index is 0.479. The first-order chi connectivity index (χ1) is 22.9. The van der Waals surface area contributed by atoms with Crippen molar-refractivity contribution in [1.82, 2.24) is 14.1 Å². The molecule has 5 nitrogen and oxygen atoms in total. The Morgan fingerprint density at radius 2 is 1.02 bits per heavy atom. The van der Waals surface area contributed by atoms with E-state index in [0.29, 0.717) is 17.0 Å². The van der Waals surface area contributed by atoms with Gasteiger partial charge in [0.25, 0.3) is 0 Å². The number of fused-ring (bicyclic) bond motifs is 7. The standard InChI is InChI=1S/C42H30N4O/c1-24-9-13-35-29(17-24)30-18-25(2)10-14-36(30)45(35)39-22-40(33(21-28(39)23-43)42-44-34-7-5-6-8-41(34)47-42)46-37-15-11-26(3)19-31(37)32-20-27(4)12-16-38(32)46/h5-22H,1-4H3. The van der Waals surface area contributed by atoms with Gasteiger partial charge in [0.05, 0.1) is 44.6 Å². The van der Waals surface area contributed by atoms with Crippen molar-refractivity contribution in [2.45, 2.75) is 27.7 Å². The minimum Gasteiger partial charge on any atom is -0.436 e. The van der Waals surface area contributed by atoms with Crippen molar-refractivity contribution in [2.75, 3.05) is 0 Å². The van der Waals surface area contributed by atoms with E-state index in [1.165, 1.54) is 43.8 Å². The molecule has 224 valence electrons. The normalized spacial score (nSPS) is 11.8. The van der Waals surface area contributed by atoms with Gasteiger partial charge in [0.2, 0.25) is 5.89 Å². The second-order valence-corrected chi connectivity index (χ2v) is 12.7. The van der Waals surface area contributed by atoms with Crippen LogP contribution in [0.25, 0.3) is 77.5 Å². The molecule has 0 aliphatic rings. The number of rotatable bonds is 3. The Morgan fingerprint density at radius 1 is 0.553 bits per heavy atom. The van der Waals surface area contributed by atoms with E-state index in [0.717, 1.165) is 44.5 Å². The summed E-state index contributed by atoms with van der Waals surface area (Å²) in [6, 6.07) is 40.8. The largest absolute Gasteiger partial charge is 0.436 e. The number of aryl methyl sites for hydroxylation is 4. The summed E-state index contributed by atoms with van der Waals surface area (Å²) in [5.74, 6) is 0.479. The highest BCUT2D eigenvalue weighted by Gasteiger charge is 2.24. The van der Waals surface area contributed by atoms with E-state index in [9.17, 15) is 5.26 Å². The quantitative estimate of drug-likeness (QED) is 0.201. The highest BCUT2D eigenvalue weighted by molar-refractivity contribution is 6.11. The van der Waals surface area contributed by atoms with Crippen LogP contribution in [-0.4, -0.2) is 14.1 Å². The van der Waals surface area contributed by atoms with Gasteiger partial charge in [-0.15, -0.1) is 0 Å². The zero-order valence-electron chi connectivity index (χ0n) is 26.6. The van der Waals surface area contributed by atoms with Crippen LogP contribution in [-0.2, 0) is 0 Å². The average Bonchev–Trinajstić information content (AvgIpc) is 3.74. The van der Waals surface area contributed by atoms with Crippen molar-refractivity contribution in [1.29, 1.82) is 5.26 Å². The molecule has 3 aromatic heterocycles. The summed E-state index contributed by atoms with van der Waals surface area (Å²) in [6.07, 6.45) is 0. The molecule has 47 heavy (non-hydrogen) atoms. The van der Waals surface area contributed by atoms with Crippen LogP contribution in [0.15, 0.2) is 114 Å². The lowest BCUT2D eigenvalue weighted by Crippen LogP contribution is -2.04. The zero-order valence-corrected chi connectivity index (χ0v) is 26.6. The number of para-hydroxylation sites is 2. The molecular formula is C42H30N4O. The summed E-state index contributed by atoms with van der Waals surface area (Å²) in [5, 5.41) is 15.5. The Kier molecular flexibility index (Phi) is 5.75. The van der Waals surface area contributed by atoms with Crippen molar-refractivity contribution >= 4 is 54.7 Å². The molecular weight excluding hydrogens is 576 g/mol. The van der Waals surface area contributed by atoms with Gasteiger partial charge >= 0.3 is 0 Å². The van der Waals surface area contributed by atoms with Crippen LogP contribution >= 0.6 is 0 Å². The van der Waals surface area contributed by atoms with E-state index in [4.69, 9.17) is 9.40 Å². The molecule has 0 aliphatic heterocycles. The van der Waals surface area contributed by atoms with Crippen LogP contribution in [0.2, 0.25) is 0 Å². The predicted octanol–water partition coefficient (Wildman–Crippen LogP) is 10.8. The number of hydrogen-bond donors (Lipinski definition) is 0. The zero-order chi connectivity index (χ0) is 32.0. The molecule has 0 aliphatic carbocycles. The first-order valence-corrected chi connectivity index (χ1v) is 15.9. The lowest BCUT2D eigenvalue weighted by Gasteiger charge is -2.17. The average molecular weight is 607 g/mol. The number of oxazole rings is 1. The van der Waals surface area contributed by atoms with Gasteiger partial charge < -0.3 is 13.6 Å². The lowest BCUT2D eigenvalue weighted by molar-refractivity contribution is 0.619. The third-order valence-electron chi connectivity index (χ3n) is 9.39. The molecule has 0 atom stereocenters. The molecule has 0 N–H and O–H groups in total. The fourth-order valence-electron chi connectivity index (χ4n) is 7.22. The number of nitrogens with zero attached hydrogens (tertiary/aromatic N) is 4. The van der Waals surface area contributed by atoms with Gasteiger partial charge in [-0.1, -0.05) is 58.7 Å². The van der Waals surface area contributed by atoms with Crippen molar-refractivity contribution in [3.05, 3.63) is 137 Å². The molecule has 6 aromatic carbocycles. The fourth-order valence-corrected chi connectivity index (χ4v) is 7.22. The van der Waals surface area contributed by atoms with Crippen LogP contribution in [0.5, 0.6) is 0 Å². The highest BCUT2D eigenvalue weighted by Crippen LogP contribution is 2.41. The summed E-state index contributed by atoms with van der Waals surface area (Å²) < 4.78 is 11.0. The third-order valence-corrected chi connectivity index (χ3v) is 9.39. The van der Waals surface area contributed by atoms with E-state index < -0.39 is 0 Å². The highest BCUT2D eigenvalue weighted by atomic mass is 16.3. The van der Waals surface area contributed by atoms with Crippen LogP contribution in [0.3, 0.4) is 0 Å². The maximum absolute atomic E-state index is 10.8. The maximum atomic E-state index is 10.8. The van der Waals surface area contributed by atoms with Gasteiger partial charge in [-0.2, -0.15) is 5.26 Å². The van der Waals surface area contributed by atoms with Gasteiger partial charge in [0, 0.05) is 21.5 Å². The second-order valence-electron chi connectivity index (χ2n) is 12.7. The van der Waals surface area contributed by atoms with E-state index in [-0.39, 0.29) is 0 Å². The summed E-state index contributed by atoms with van der Waals surface area (Å²) in [5.41, 5.74) is 13.6. The molecule has 5 heteroatoms. The first-order valence-electron chi connectivity index (χ1n) is 15.9. The fraction of sp³-hybridized carbons (Fsp3) is 0.0952. The van der Waals surface area contributed by atoms with Crippen molar-refractivity contribution in [3.63, 3.8) is 0 Å². The van der Waals surface area contributed by atoms with Crippen LogP contribution in [0.1, 0.15) is 27.8 Å². The van der Waals surface area contributed by atoms with Crippen molar-refractivity contribution in [2.24, 2.45) is 0 Å². The molecule has 0 saturated carbocycles. The summed E-state index contributed by atoms with van der Waals surface area (Å²) >= 11 is 0. The summed E-state index contributed by atoms with van der Waals surface area (Å²) in [4.78, 5) is 4.93. The van der Waals surface area contributed by atoms with Gasteiger partial charge in [0.1, 0.15) is 11.6 Å². The Labute approximate surface area is 271 Å². The molecule has 0 fully saturated rings. The molecule has 9 aromatic rings. The summed E-state index contributed by atoms with van der Waals surface area (Å²) in [6.45, 7) is 8.51. The molecule has 9 rings (SSSR count). The van der Waals surface area contributed by atoms with Crippen molar-refractivity contribution < 1.29 is 4.42 Å². The lowest BCUT2D eigenvalue weighted by atomic mass is 10.0. The van der Waals surface area contributed by atoms with Crippen LogP contribution in [0, 0.1) is 39.0 Å². The van der Waals surface area contributed by atoms with Crippen molar-refractivity contribution in [3.8, 4) is 28.9 Å². The summed E-state index contributed by atoms with van der Waals surface area (Å²) in [7, 11) is 0. The molecule has 0 radical (unpaired) electrons. The molecule has 0 spiro atoms. The second kappa shape index (κ2) is 9.94. The Hall–Kier alpha value is -6.12. The van der Waals surface area contributed by atoms with Gasteiger partial charge in [-0.25, -0.2) is 4.98 Å². The van der Waals surface area contributed by atoms with E-state index in [2.05, 4.69) is 122 Å². The molecule has 0 amide bonds. The van der Waals surface area contributed by atoms with Crippen LogP contribution in [0.4, 0.5) is 0 Å². The van der Waals surface area contributed by atoms with Crippen LogP contribution < -0.4 is 0 Å². The first kappa shape index (κ1) is 27.2. The van der Waals surface area contributed by atoms with Gasteiger partial charge in [-0.05, 0) is 100 Å². The van der Waals surface area contributed by atoms with Gasteiger partial charge in [0.15, 0.2) is 5.58 Å². The third kappa shape index (κ3) is 4.05. The smallest absolute Gasteiger partial charge is 0.229 e. The Morgan fingerprint density at radius 3 is 1.49 bits per heavy atom. The molecule has 0 saturated heterocycles. The maximum Gasteiger partial charge on any atom is 0.229 e. The molecule has 0 bridgehead atoms. The predicted molar refractivity (Wildman–Crippen MR) is 192 cm³/mol. The molecule has 3 heterocycles. The topological polar surface area (TPSA) is 59.7 Å². The van der Waals surface area contributed by atoms with E-state index in [1.807, 2.05) is 30.3 Å². The number of aromatic nitrogens is 3. The molecule has 0 unspecified atom stereocenters. The van der Waals surface area contributed by atoms with E-state index in [1.54, 1.807) is 0 Å².